The number of amides is 1. The van der Waals surface area contributed by atoms with E-state index in [9.17, 15) is 9.18 Å². The molecule has 2 saturated heterocycles. The number of benzene rings is 1. The SMILES string of the molecule is NC(=O)C1(CCCCN2CCN(c3ccc(F)cc3)CC2)CCNCC1. The predicted octanol–water partition coefficient (Wildman–Crippen LogP) is 1.97. The topological polar surface area (TPSA) is 61.6 Å². The van der Waals surface area contributed by atoms with Crippen molar-refractivity contribution in [1.29, 1.82) is 0 Å². The number of hydrogen-bond acceptors (Lipinski definition) is 4. The van der Waals surface area contributed by atoms with E-state index in [1.54, 1.807) is 0 Å². The number of carbonyl (C=O) groups is 1. The van der Waals surface area contributed by atoms with Crippen molar-refractivity contribution in [3.8, 4) is 0 Å². The number of halogens is 1. The fourth-order valence-corrected chi connectivity index (χ4v) is 4.21. The number of nitrogens with zero attached hydrogens (tertiary/aromatic N) is 2. The Morgan fingerprint density at radius 3 is 2.35 bits per heavy atom. The molecule has 144 valence electrons. The van der Waals surface area contributed by atoms with Crippen LogP contribution in [0.1, 0.15) is 32.1 Å². The number of primary amides is 1. The Morgan fingerprint density at radius 1 is 1.08 bits per heavy atom. The number of piperidine rings is 1. The van der Waals surface area contributed by atoms with E-state index in [0.29, 0.717) is 0 Å². The zero-order valence-corrected chi connectivity index (χ0v) is 15.6. The van der Waals surface area contributed by atoms with Crippen molar-refractivity contribution < 1.29 is 9.18 Å². The molecule has 0 aliphatic carbocycles. The summed E-state index contributed by atoms with van der Waals surface area (Å²) in [7, 11) is 0. The molecule has 6 heteroatoms. The van der Waals surface area contributed by atoms with Gasteiger partial charge < -0.3 is 16.0 Å². The first-order valence-corrected chi connectivity index (χ1v) is 9.83. The molecule has 1 aromatic rings. The molecular weight excluding hydrogens is 331 g/mol. The van der Waals surface area contributed by atoms with Crippen molar-refractivity contribution >= 4 is 11.6 Å². The number of nitrogens with two attached hydrogens (primary N) is 1. The van der Waals surface area contributed by atoms with E-state index in [1.807, 2.05) is 12.1 Å². The second-order valence-corrected chi connectivity index (χ2v) is 7.66. The average Bonchev–Trinajstić information content (AvgIpc) is 2.67. The summed E-state index contributed by atoms with van der Waals surface area (Å²) in [6, 6.07) is 6.76. The van der Waals surface area contributed by atoms with Gasteiger partial charge in [0.05, 0.1) is 5.41 Å². The van der Waals surface area contributed by atoms with Gasteiger partial charge in [0.2, 0.25) is 5.91 Å². The molecule has 0 radical (unpaired) electrons. The van der Waals surface area contributed by atoms with E-state index in [-0.39, 0.29) is 17.1 Å². The van der Waals surface area contributed by atoms with Gasteiger partial charge in [-0.3, -0.25) is 9.69 Å². The van der Waals surface area contributed by atoms with E-state index >= 15 is 0 Å². The quantitative estimate of drug-likeness (QED) is 0.728. The van der Waals surface area contributed by atoms with Gasteiger partial charge >= 0.3 is 0 Å². The lowest BCUT2D eigenvalue weighted by Crippen LogP contribution is -2.47. The van der Waals surface area contributed by atoms with Crippen LogP contribution in [0.25, 0.3) is 0 Å². The molecule has 3 rings (SSSR count). The van der Waals surface area contributed by atoms with Gasteiger partial charge in [0.15, 0.2) is 0 Å². The van der Waals surface area contributed by atoms with Crippen LogP contribution in [-0.4, -0.2) is 56.6 Å². The molecule has 26 heavy (non-hydrogen) atoms. The van der Waals surface area contributed by atoms with Crippen molar-refractivity contribution in [2.75, 3.05) is 50.7 Å². The van der Waals surface area contributed by atoms with Crippen LogP contribution in [0.15, 0.2) is 24.3 Å². The largest absolute Gasteiger partial charge is 0.369 e. The van der Waals surface area contributed by atoms with Crippen LogP contribution in [0.3, 0.4) is 0 Å². The monoisotopic (exact) mass is 362 g/mol. The van der Waals surface area contributed by atoms with Gasteiger partial charge in [0.1, 0.15) is 5.82 Å². The molecule has 2 fully saturated rings. The number of anilines is 1. The third-order valence-corrected chi connectivity index (χ3v) is 6.03. The molecule has 0 bridgehead atoms. The van der Waals surface area contributed by atoms with E-state index in [2.05, 4.69) is 15.1 Å². The number of unbranched alkanes of at least 4 members (excludes halogenated alkanes) is 1. The maximum atomic E-state index is 13.0. The highest BCUT2D eigenvalue weighted by atomic mass is 19.1. The number of hydrogen-bond donors (Lipinski definition) is 2. The van der Waals surface area contributed by atoms with Gasteiger partial charge in [-0.2, -0.15) is 0 Å². The normalized spacial score (nSPS) is 20.9. The lowest BCUT2D eigenvalue weighted by molar-refractivity contribution is -0.129. The minimum Gasteiger partial charge on any atom is -0.369 e. The molecule has 0 unspecified atom stereocenters. The van der Waals surface area contributed by atoms with Crippen LogP contribution in [0.2, 0.25) is 0 Å². The fraction of sp³-hybridized carbons (Fsp3) is 0.650. The highest BCUT2D eigenvalue weighted by molar-refractivity contribution is 5.80. The summed E-state index contributed by atoms with van der Waals surface area (Å²) in [5.74, 6) is -0.304. The molecule has 2 aliphatic heterocycles. The molecule has 0 saturated carbocycles. The number of piperazine rings is 1. The van der Waals surface area contributed by atoms with E-state index in [4.69, 9.17) is 5.73 Å². The molecule has 0 aromatic heterocycles. The Kier molecular flexibility index (Phi) is 6.48. The molecule has 1 amide bonds. The van der Waals surface area contributed by atoms with Crippen molar-refractivity contribution in [3.63, 3.8) is 0 Å². The molecule has 0 spiro atoms. The van der Waals surface area contributed by atoms with Gasteiger partial charge in [-0.05, 0) is 69.6 Å². The number of carbonyl (C=O) groups excluding carboxylic acids is 1. The third kappa shape index (κ3) is 4.74. The third-order valence-electron chi connectivity index (χ3n) is 6.03. The van der Waals surface area contributed by atoms with Crippen molar-refractivity contribution in [2.24, 2.45) is 11.1 Å². The van der Waals surface area contributed by atoms with Crippen LogP contribution in [0.4, 0.5) is 10.1 Å². The maximum Gasteiger partial charge on any atom is 0.223 e. The summed E-state index contributed by atoms with van der Waals surface area (Å²) in [5.41, 5.74) is 6.51. The number of nitrogens with one attached hydrogen (secondary N) is 1. The van der Waals surface area contributed by atoms with Gasteiger partial charge in [0.25, 0.3) is 0 Å². The molecule has 0 atom stereocenters. The molecule has 1 aromatic carbocycles. The summed E-state index contributed by atoms with van der Waals surface area (Å²) < 4.78 is 13.0. The van der Waals surface area contributed by atoms with Crippen LogP contribution < -0.4 is 16.0 Å². The zero-order chi connectivity index (χ0) is 18.4. The zero-order valence-electron chi connectivity index (χ0n) is 15.6. The molecule has 2 aliphatic rings. The molecule has 5 nitrogen and oxygen atoms in total. The van der Waals surface area contributed by atoms with Crippen molar-refractivity contribution in [2.45, 2.75) is 32.1 Å². The Labute approximate surface area is 155 Å². The average molecular weight is 362 g/mol. The van der Waals surface area contributed by atoms with Crippen LogP contribution in [0.5, 0.6) is 0 Å². The van der Waals surface area contributed by atoms with E-state index < -0.39 is 0 Å². The Hall–Kier alpha value is -1.66. The minimum atomic E-state index is -0.285. The Balaban J connectivity index is 1.37. The second kappa shape index (κ2) is 8.82. The summed E-state index contributed by atoms with van der Waals surface area (Å²) in [5, 5.41) is 3.32. The lowest BCUT2D eigenvalue weighted by Gasteiger charge is -2.37. The first-order valence-electron chi connectivity index (χ1n) is 9.83. The predicted molar refractivity (Wildman–Crippen MR) is 103 cm³/mol. The highest BCUT2D eigenvalue weighted by Gasteiger charge is 2.37. The van der Waals surface area contributed by atoms with E-state index in [0.717, 1.165) is 83.6 Å². The van der Waals surface area contributed by atoms with Crippen LogP contribution in [0, 0.1) is 11.2 Å². The van der Waals surface area contributed by atoms with Crippen molar-refractivity contribution in [1.82, 2.24) is 10.2 Å². The highest BCUT2D eigenvalue weighted by Crippen LogP contribution is 2.34. The Morgan fingerprint density at radius 2 is 1.73 bits per heavy atom. The van der Waals surface area contributed by atoms with E-state index in [1.165, 1.54) is 12.1 Å². The number of rotatable bonds is 7. The van der Waals surface area contributed by atoms with Gasteiger partial charge in [-0.15, -0.1) is 0 Å². The van der Waals surface area contributed by atoms with Gasteiger partial charge in [0, 0.05) is 31.9 Å². The van der Waals surface area contributed by atoms with Crippen LogP contribution >= 0.6 is 0 Å². The summed E-state index contributed by atoms with van der Waals surface area (Å²) in [4.78, 5) is 16.7. The van der Waals surface area contributed by atoms with Gasteiger partial charge in [-0.1, -0.05) is 6.42 Å². The summed E-state index contributed by atoms with van der Waals surface area (Å²) in [6.45, 7) is 6.88. The van der Waals surface area contributed by atoms with Crippen molar-refractivity contribution in [3.05, 3.63) is 30.1 Å². The standard InChI is InChI=1S/C20H31FN4O/c21-17-3-5-18(6-4-17)25-15-13-24(14-16-25)12-2-1-7-20(19(22)26)8-10-23-11-9-20/h3-6,23H,1-2,7-16H2,(H2,22,26). The van der Waals surface area contributed by atoms with Crippen LogP contribution in [-0.2, 0) is 4.79 Å². The minimum absolute atomic E-state index is 0.119. The first-order chi connectivity index (χ1) is 12.6. The maximum absolute atomic E-state index is 13.0. The summed E-state index contributed by atoms with van der Waals surface area (Å²) in [6.07, 6.45) is 4.83. The van der Waals surface area contributed by atoms with Gasteiger partial charge in [-0.25, -0.2) is 4.39 Å². The smallest absolute Gasteiger partial charge is 0.223 e. The molecular formula is C20H31FN4O. The first kappa shape index (κ1) is 19.1. The fourth-order valence-electron chi connectivity index (χ4n) is 4.21. The Bertz CT molecular complexity index is 578. The second-order valence-electron chi connectivity index (χ2n) is 7.66. The lowest BCUT2D eigenvalue weighted by atomic mass is 9.74. The molecule has 3 N–H and O–H groups in total. The molecule has 2 heterocycles. The summed E-state index contributed by atoms with van der Waals surface area (Å²) >= 11 is 0.